The van der Waals surface area contributed by atoms with Crippen molar-refractivity contribution in [1.29, 1.82) is 0 Å². The van der Waals surface area contributed by atoms with Gasteiger partial charge in [-0.25, -0.2) is 4.39 Å². The van der Waals surface area contributed by atoms with Gasteiger partial charge in [-0.2, -0.15) is 0 Å². The summed E-state index contributed by atoms with van der Waals surface area (Å²) in [6, 6.07) is 19.8. The van der Waals surface area contributed by atoms with Crippen molar-refractivity contribution in [3.63, 3.8) is 0 Å². The second-order valence-electron chi connectivity index (χ2n) is 7.74. The van der Waals surface area contributed by atoms with E-state index in [-0.39, 0.29) is 11.7 Å². The average Bonchev–Trinajstić information content (AvgIpc) is 3.28. The molecule has 0 radical (unpaired) electrons. The van der Waals surface area contributed by atoms with Crippen molar-refractivity contribution in [3.05, 3.63) is 95.6 Å². The summed E-state index contributed by atoms with van der Waals surface area (Å²) in [6.07, 6.45) is 5.18. The van der Waals surface area contributed by atoms with Crippen molar-refractivity contribution in [2.75, 3.05) is 0 Å². The van der Waals surface area contributed by atoms with Gasteiger partial charge in [-0.15, -0.1) is 0 Å². The average molecular weight is 404 g/mol. The number of pyridine rings is 1. The van der Waals surface area contributed by atoms with Gasteiger partial charge in [-0.1, -0.05) is 43.2 Å². The first kappa shape index (κ1) is 20.1. The molecule has 1 saturated carbocycles. The van der Waals surface area contributed by atoms with Crippen LogP contribution in [0.4, 0.5) is 4.39 Å². The van der Waals surface area contributed by atoms with Gasteiger partial charge in [-0.05, 0) is 60.4 Å². The molecular formula is C25H25FN2O2. The zero-order valence-corrected chi connectivity index (χ0v) is 16.8. The highest BCUT2D eigenvalue weighted by molar-refractivity contribution is 5.88. The minimum absolute atomic E-state index is 0.0367. The molecular weight excluding hydrogens is 379 g/mol. The van der Waals surface area contributed by atoms with Crippen LogP contribution in [0.1, 0.15) is 42.5 Å². The molecule has 1 aliphatic carbocycles. The molecule has 1 heterocycles. The van der Waals surface area contributed by atoms with E-state index in [1.807, 2.05) is 48.5 Å². The van der Waals surface area contributed by atoms with Gasteiger partial charge in [0, 0.05) is 12.7 Å². The van der Waals surface area contributed by atoms with Crippen LogP contribution in [-0.2, 0) is 23.4 Å². The number of nitrogens with zero attached hydrogens (tertiary/aromatic N) is 1. The number of ether oxygens (including phenoxy) is 1. The Morgan fingerprint density at radius 3 is 2.63 bits per heavy atom. The molecule has 1 aliphatic rings. The maximum atomic E-state index is 13.8. The number of halogens is 1. The van der Waals surface area contributed by atoms with Gasteiger partial charge >= 0.3 is 0 Å². The van der Waals surface area contributed by atoms with Crippen LogP contribution in [0.3, 0.4) is 0 Å². The summed E-state index contributed by atoms with van der Waals surface area (Å²) in [5.41, 5.74) is 1.93. The van der Waals surface area contributed by atoms with Crippen LogP contribution in [0.5, 0.6) is 5.75 Å². The summed E-state index contributed by atoms with van der Waals surface area (Å²) >= 11 is 0. The molecule has 1 amide bonds. The Bertz CT molecular complexity index is 1000. The molecule has 154 valence electrons. The molecule has 2 aromatic carbocycles. The number of carbonyl (C=O) groups excluding carboxylic acids is 1. The van der Waals surface area contributed by atoms with Crippen molar-refractivity contribution in [2.24, 2.45) is 0 Å². The zero-order valence-electron chi connectivity index (χ0n) is 16.8. The summed E-state index contributed by atoms with van der Waals surface area (Å²) in [5.74, 6) is 0.392. The van der Waals surface area contributed by atoms with Gasteiger partial charge < -0.3 is 10.1 Å². The predicted molar refractivity (Wildman–Crippen MR) is 113 cm³/mol. The van der Waals surface area contributed by atoms with Gasteiger partial charge in [0.25, 0.3) is 0 Å². The molecule has 3 aromatic rings. The molecule has 1 N–H and O–H groups in total. The third-order valence-electron chi connectivity index (χ3n) is 5.73. The van der Waals surface area contributed by atoms with Crippen molar-refractivity contribution < 1.29 is 13.9 Å². The molecule has 0 saturated heterocycles. The zero-order chi connectivity index (χ0) is 20.8. The normalized spacial score (nSPS) is 15.0. The summed E-state index contributed by atoms with van der Waals surface area (Å²) < 4.78 is 19.6. The highest BCUT2D eigenvalue weighted by Crippen LogP contribution is 2.41. The number of carbonyl (C=O) groups is 1. The number of hydrogen-bond acceptors (Lipinski definition) is 3. The number of aromatic nitrogens is 1. The number of rotatable bonds is 7. The molecule has 1 aromatic heterocycles. The third kappa shape index (κ3) is 4.51. The quantitative estimate of drug-likeness (QED) is 0.608. The van der Waals surface area contributed by atoms with Gasteiger partial charge in [0.1, 0.15) is 18.2 Å². The third-order valence-corrected chi connectivity index (χ3v) is 5.73. The van der Waals surface area contributed by atoms with Crippen molar-refractivity contribution in [3.8, 4) is 5.75 Å². The summed E-state index contributed by atoms with van der Waals surface area (Å²) in [7, 11) is 0. The standard InChI is InChI=1S/C25H25FN2O2/c26-21-9-6-8-20(16-21)25(12-2-3-13-25)24(29)28-17-19-7-5-11-23(15-19)30-18-22-10-1-4-14-27-22/h1,4-11,14-16H,2-3,12-13,17-18H2,(H,28,29). The van der Waals surface area contributed by atoms with E-state index in [9.17, 15) is 9.18 Å². The first-order valence-electron chi connectivity index (χ1n) is 10.3. The van der Waals surface area contributed by atoms with Crippen LogP contribution in [0.25, 0.3) is 0 Å². The second-order valence-corrected chi connectivity index (χ2v) is 7.74. The molecule has 0 atom stereocenters. The van der Waals surface area contributed by atoms with E-state index < -0.39 is 5.41 Å². The van der Waals surface area contributed by atoms with E-state index in [1.54, 1.807) is 12.3 Å². The van der Waals surface area contributed by atoms with Crippen molar-refractivity contribution >= 4 is 5.91 Å². The lowest BCUT2D eigenvalue weighted by Crippen LogP contribution is -2.42. The minimum Gasteiger partial charge on any atom is -0.487 e. The smallest absolute Gasteiger partial charge is 0.230 e. The largest absolute Gasteiger partial charge is 0.487 e. The van der Waals surface area contributed by atoms with Crippen LogP contribution in [0.2, 0.25) is 0 Å². The molecule has 0 spiro atoms. The van der Waals surface area contributed by atoms with Gasteiger partial charge in [0.2, 0.25) is 5.91 Å². The fourth-order valence-electron chi connectivity index (χ4n) is 4.15. The molecule has 4 rings (SSSR count). The van der Waals surface area contributed by atoms with Crippen LogP contribution in [0, 0.1) is 5.82 Å². The Morgan fingerprint density at radius 1 is 1.03 bits per heavy atom. The molecule has 4 nitrogen and oxygen atoms in total. The molecule has 0 aliphatic heterocycles. The number of benzene rings is 2. The molecule has 0 bridgehead atoms. The van der Waals surface area contributed by atoms with E-state index in [0.29, 0.717) is 13.2 Å². The topological polar surface area (TPSA) is 51.2 Å². The molecule has 0 unspecified atom stereocenters. The molecule has 1 fully saturated rings. The van der Waals surface area contributed by atoms with Crippen molar-refractivity contribution in [2.45, 2.75) is 44.2 Å². The first-order chi connectivity index (χ1) is 14.7. The Morgan fingerprint density at radius 2 is 1.87 bits per heavy atom. The molecule has 5 heteroatoms. The number of amides is 1. The highest BCUT2D eigenvalue weighted by Gasteiger charge is 2.42. The Kier molecular flexibility index (Phi) is 6.07. The monoisotopic (exact) mass is 404 g/mol. The lowest BCUT2D eigenvalue weighted by molar-refractivity contribution is -0.126. The first-order valence-corrected chi connectivity index (χ1v) is 10.3. The maximum Gasteiger partial charge on any atom is 0.230 e. The Labute approximate surface area is 176 Å². The fourth-order valence-corrected chi connectivity index (χ4v) is 4.15. The van der Waals surface area contributed by atoms with Gasteiger partial charge in [0.15, 0.2) is 0 Å². The molecule has 30 heavy (non-hydrogen) atoms. The van der Waals surface area contributed by atoms with Crippen LogP contribution >= 0.6 is 0 Å². The highest BCUT2D eigenvalue weighted by atomic mass is 19.1. The van der Waals surface area contributed by atoms with Crippen LogP contribution < -0.4 is 10.1 Å². The van der Waals surface area contributed by atoms with Crippen LogP contribution in [0.15, 0.2) is 72.9 Å². The number of hydrogen-bond donors (Lipinski definition) is 1. The van der Waals surface area contributed by atoms with E-state index in [4.69, 9.17) is 4.74 Å². The predicted octanol–water partition coefficient (Wildman–Crippen LogP) is 4.93. The van der Waals surface area contributed by atoms with E-state index in [2.05, 4.69) is 10.3 Å². The summed E-state index contributed by atoms with van der Waals surface area (Å²) in [4.78, 5) is 17.4. The Hall–Kier alpha value is -3.21. The lowest BCUT2D eigenvalue weighted by atomic mass is 9.78. The lowest BCUT2D eigenvalue weighted by Gasteiger charge is -2.28. The summed E-state index contributed by atoms with van der Waals surface area (Å²) in [5, 5.41) is 3.07. The van der Waals surface area contributed by atoms with Crippen LogP contribution in [-0.4, -0.2) is 10.9 Å². The van der Waals surface area contributed by atoms with Crippen molar-refractivity contribution in [1.82, 2.24) is 10.3 Å². The fraction of sp³-hybridized carbons (Fsp3) is 0.280. The van der Waals surface area contributed by atoms with Gasteiger partial charge in [-0.3, -0.25) is 9.78 Å². The van der Waals surface area contributed by atoms with E-state index >= 15 is 0 Å². The number of nitrogens with one attached hydrogen (secondary N) is 1. The van der Waals surface area contributed by atoms with Gasteiger partial charge in [0.05, 0.1) is 11.1 Å². The second kappa shape index (κ2) is 9.08. The Balaban J connectivity index is 1.41. The van der Waals surface area contributed by atoms with E-state index in [0.717, 1.165) is 48.3 Å². The minimum atomic E-state index is -0.644. The SMILES string of the molecule is O=C(NCc1cccc(OCc2ccccn2)c1)C1(c2cccc(F)c2)CCCC1. The maximum absolute atomic E-state index is 13.8. The van der Waals surface area contributed by atoms with E-state index in [1.165, 1.54) is 12.1 Å². The summed E-state index contributed by atoms with van der Waals surface area (Å²) in [6.45, 7) is 0.788.